The molecule has 0 saturated heterocycles. The van der Waals surface area contributed by atoms with Crippen molar-refractivity contribution in [2.24, 2.45) is 22.7 Å². The van der Waals surface area contributed by atoms with Gasteiger partial charge in [0.05, 0.1) is 0 Å². The van der Waals surface area contributed by atoms with Crippen molar-refractivity contribution in [3.63, 3.8) is 0 Å². The highest BCUT2D eigenvalue weighted by molar-refractivity contribution is 5.82. The van der Waals surface area contributed by atoms with Crippen LogP contribution >= 0.6 is 0 Å². The van der Waals surface area contributed by atoms with Crippen molar-refractivity contribution in [3.05, 3.63) is 11.6 Å². The van der Waals surface area contributed by atoms with Crippen LogP contribution in [0.15, 0.2) is 11.6 Å². The lowest BCUT2D eigenvalue weighted by atomic mass is 9.49. The van der Waals surface area contributed by atoms with E-state index in [2.05, 4.69) is 30.2 Å². The molecule has 2 aliphatic rings. The smallest absolute Gasteiger partial charge is 0.154 e. The number of rotatable bonds is 4. The van der Waals surface area contributed by atoms with E-state index >= 15 is 0 Å². The summed E-state index contributed by atoms with van der Waals surface area (Å²) in [5.41, 5.74) is 0.963. The fraction of sp³-hybridized carbons (Fsp3) is 0.789. The van der Waals surface area contributed by atoms with Crippen LogP contribution in [0.25, 0.3) is 0 Å². The second-order valence-corrected chi connectivity index (χ2v) is 7.61. The highest BCUT2D eigenvalue weighted by Crippen LogP contribution is 2.58. The van der Waals surface area contributed by atoms with Crippen LogP contribution in [-0.2, 0) is 19.1 Å². The number of aldehydes is 2. The number of carbonyl (C=O) groups excluding carboxylic acids is 2. The average Bonchev–Trinajstić information content (AvgIpc) is 2.52. The Balaban J connectivity index is 0.000000379. The van der Waals surface area contributed by atoms with Gasteiger partial charge in [-0.05, 0) is 48.5 Å². The fourth-order valence-electron chi connectivity index (χ4n) is 4.34. The summed E-state index contributed by atoms with van der Waals surface area (Å²) in [7, 11) is 3.21. The summed E-state index contributed by atoms with van der Waals surface area (Å²) in [5.74, 6) is 0.320. The van der Waals surface area contributed by atoms with E-state index in [1.54, 1.807) is 14.2 Å². The largest absolute Gasteiger partial charge is 0.356 e. The van der Waals surface area contributed by atoms with Gasteiger partial charge in [0.1, 0.15) is 12.6 Å². The molecule has 132 valence electrons. The van der Waals surface area contributed by atoms with Crippen LogP contribution in [0.1, 0.15) is 53.4 Å². The summed E-state index contributed by atoms with van der Waals surface area (Å²) < 4.78 is 9.35. The molecule has 0 aliphatic heterocycles. The molecule has 0 aromatic rings. The minimum absolute atomic E-state index is 0.0194. The fourth-order valence-corrected chi connectivity index (χ4v) is 4.34. The molecule has 0 bridgehead atoms. The second kappa shape index (κ2) is 8.20. The molecule has 0 radical (unpaired) electrons. The number of hydrogen-bond acceptors (Lipinski definition) is 4. The summed E-state index contributed by atoms with van der Waals surface area (Å²) in [6.45, 7) is 8.64. The molecule has 23 heavy (non-hydrogen) atoms. The van der Waals surface area contributed by atoms with E-state index in [0.29, 0.717) is 11.5 Å². The van der Waals surface area contributed by atoms with Gasteiger partial charge in [-0.15, -0.1) is 0 Å². The molecule has 0 amide bonds. The van der Waals surface area contributed by atoms with Crippen LogP contribution in [-0.4, -0.2) is 33.1 Å². The molecule has 2 aliphatic carbocycles. The topological polar surface area (TPSA) is 52.6 Å². The zero-order chi connectivity index (χ0) is 17.7. The van der Waals surface area contributed by atoms with E-state index < -0.39 is 0 Å². The van der Waals surface area contributed by atoms with Gasteiger partial charge in [0, 0.05) is 20.1 Å². The SMILES string of the molecule is CC1(C)CCC[C@]2(C)[C@@H](C=O)C(C=O)=CC[C@@H]12.COC(C)OC. The van der Waals surface area contributed by atoms with Crippen molar-refractivity contribution in [3.8, 4) is 0 Å². The number of methoxy groups -OCH3 is 2. The Morgan fingerprint density at radius 3 is 2.22 bits per heavy atom. The first-order valence-electron chi connectivity index (χ1n) is 8.43. The van der Waals surface area contributed by atoms with E-state index in [1.165, 1.54) is 6.42 Å². The Hall–Kier alpha value is -1.00. The Kier molecular flexibility index (Phi) is 7.15. The quantitative estimate of drug-likeness (QED) is 0.583. The van der Waals surface area contributed by atoms with Crippen LogP contribution in [0.4, 0.5) is 0 Å². The summed E-state index contributed by atoms with van der Waals surface area (Å²) >= 11 is 0. The van der Waals surface area contributed by atoms with Gasteiger partial charge in [-0.3, -0.25) is 4.79 Å². The Labute approximate surface area is 140 Å². The van der Waals surface area contributed by atoms with Gasteiger partial charge in [-0.2, -0.15) is 0 Å². The van der Waals surface area contributed by atoms with Crippen LogP contribution in [0, 0.1) is 22.7 Å². The number of hydrogen-bond donors (Lipinski definition) is 0. The number of carbonyl (C=O) groups is 2. The predicted molar refractivity (Wildman–Crippen MR) is 91.0 cm³/mol. The summed E-state index contributed by atoms with van der Waals surface area (Å²) in [6, 6.07) is 0. The van der Waals surface area contributed by atoms with Gasteiger partial charge in [-0.25, -0.2) is 0 Å². The molecule has 0 aromatic heterocycles. The maximum Gasteiger partial charge on any atom is 0.154 e. The first-order chi connectivity index (χ1) is 10.8. The highest BCUT2D eigenvalue weighted by atomic mass is 16.7. The Morgan fingerprint density at radius 2 is 1.78 bits per heavy atom. The van der Waals surface area contributed by atoms with Crippen LogP contribution in [0.2, 0.25) is 0 Å². The second-order valence-electron chi connectivity index (χ2n) is 7.61. The first kappa shape index (κ1) is 20.0. The van der Waals surface area contributed by atoms with Gasteiger partial charge in [0.15, 0.2) is 6.29 Å². The number of fused-ring (bicyclic) bond motifs is 1. The van der Waals surface area contributed by atoms with Gasteiger partial charge < -0.3 is 14.3 Å². The monoisotopic (exact) mass is 324 g/mol. The standard InChI is InChI=1S/C15H22O2.C4H10O2/c1-14(2)7-4-8-15(3)12(10-17)11(9-16)5-6-13(14)15;1-4(5-2)6-3/h5,9-10,12-13H,4,6-8H2,1-3H3;4H,1-3H3/t12-,13-,15+;/m0./s1. The van der Waals surface area contributed by atoms with E-state index in [0.717, 1.165) is 31.8 Å². The molecule has 1 fully saturated rings. The van der Waals surface area contributed by atoms with Crippen molar-refractivity contribution in [2.45, 2.75) is 59.7 Å². The molecule has 0 spiro atoms. The third-order valence-electron chi connectivity index (χ3n) is 5.87. The number of ether oxygens (including phenoxy) is 2. The Bertz CT molecular complexity index is 437. The lowest BCUT2D eigenvalue weighted by Gasteiger charge is -2.55. The predicted octanol–water partition coefficient (Wildman–Crippen LogP) is 3.79. The Morgan fingerprint density at radius 1 is 1.17 bits per heavy atom. The summed E-state index contributed by atoms with van der Waals surface area (Å²) in [6.07, 6.45) is 8.20. The molecule has 4 nitrogen and oxygen atoms in total. The maximum atomic E-state index is 11.4. The van der Waals surface area contributed by atoms with Crippen molar-refractivity contribution >= 4 is 12.6 Å². The lowest BCUT2D eigenvalue weighted by Crippen LogP contribution is -2.49. The van der Waals surface area contributed by atoms with Gasteiger partial charge >= 0.3 is 0 Å². The van der Waals surface area contributed by atoms with Crippen molar-refractivity contribution in [1.82, 2.24) is 0 Å². The zero-order valence-corrected chi connectivity index (χ0v) is 15.4. The van der Waals surface area contributed by atoms with Crippen molar-refractivity contribution < 1.29 is 19.1 Å². The minimum atomic E-state index is -0.196. The van der Waals surface area contributed by atoms with E-state index in [9.17, 15) is 9.59 Å². The van der Waals surface area contributed by atoms with Gasteiger partial charge in [0.2, 0.25) is 0 Å². The van der Waals surface area contributed by atoms with E-state index in [4.69, 9.17) is 0 Å². The normalized spacial score (nSPS) is 32.2. The molecule has 3 atom stereocenters. The molecule has 0 heterocycles. The summed E-state index contributed by atoms with van der Waals surface area (Å²) in [4.78, 5) is 22.5. The first-order valence-corrected chi connectivity index (χ1v) is 8.43. The zero-order valence-electron chi connectivity index (χ0n) is 15.4. The maximum absolute atomic E-state index is 11.4. The van der Waals surface area contributed by atoms with Gasteiger partial charge in [-0.1, -0.05) is 33.3 Å². The van der Waals surface area contributed by atoms with Crippen LogP contribution < -0.4 is 0 Å². The van der Waals surface area contributed by atoms with Crippen molar-refractivity contribution in [2.75, 3.05) is 14.2 Å². The molecule has 2 rings (SSSR count). The molecule has 0 N–H and O–H groups in total. The molecule has 1 saturated carbocycles. The molecular weight excluding hydrogens is 292 g/mol. The van der Waals surface area contributed by atoms with E-state index in [1.807, 2.05) is 13.0 Å². The molecule has 0 aromatic carbocycles. The minimum Gasteiger partial charge on any atom is -0.356 e. The lowest BCUT2D eigenvalue weighted by molar-refractivity contribution is -0.122. The third kappa shape index (κ3) is 4.30. The number of allylic oxidation sites excluding steroid dienone is 2. The van der Waals surface area contributed by atoms with E-state index in [-0.39, 0.29) is 23.0 Å². The van der Waals surface area contributed by atoms with Crippen LogP contribution in [0.3, 0.4) is 0 Å². The van der Waals surface area contributed by atoms with Crippen molar-refractivity contribution in [1.29, 1.82) is 0 Å². The molecule has 4 heteroatoms. The molecule has 0 unspecified atom stereocenters. The summed E-state index contributed by atoms with van der Waals surface area (Å²) in [5, 5.41) is 0. The molecular formula is C19H32O4. The third-order valence-corrected chi connectivity index (χ3v) is 5.87. The van der Waals surface area contributed by atoms with Gasteiger partial charge in [0.25, 0.3) is 0 Å². The highest BCUT2D eigenvalue weighted by Gasteiger charge is 2.52. The van der Waals surface area contributed by atoms with Crippen LogP contribution in [0.5, 0.6) is 0 Å². The average molecular weight is 324 g/mol.